The number of nitrogens with zero attached hydrogens (tertiary/aromatic N) is 2. The summed E-state index contributed by atoms with van der Waals surface area (Å²) in [5.41, 5.74) is 4.90. The third-order valence-corrected chi connectivity index (χ3v) is 6.61. The fraction of sp³-hybridized carbons (Fsp3) is 0.345. The second kappa shape index (κ2) is 10.8. The zero-order valence-electron chi connectivity index (χ0n) is 20.4. The molecule has 4 atom stereocenters. The van der Waals surface area contributed by atoms with Crippen LogP contribution in [0.5, 0.6) is 0 Å². The Morgan fingerprint density at radius 1 is 0.971 bits per heavy atom. The van der Waals surface area contributed by atoms with Crippen molar-refractivity contribution in [3.8, 4) is 0 Å². The van der Waals surface area contributed by atoms with Gasteiger partial charge in [0, 0.05) is 18.8 Å². The summed E-state index contributed by atoms with van der Waals surface area (Å²) in [5, 5.41) is 10.2. The Morgan fingerprint density at radius 2 is 1.54 bits per heavy atom. The minimum atomic E-state index is -0.996. The third-order valence-electron chi connectivity index (χ3n) is 6.61. The molecule has 182 valence electrons. The highest BCUT2D eigenvalue weighted by Crippen LogP contribution is 2.44. The van der Waals surface area contributed by atoms with Crippen molar-refractivity contribution in [2.45, 2.75) is 64.3 Å². The number of amides is 1. The van der Waals surface area contributed by atoms with E-state index in [-0.39, 0.29) is 5.91 Å². The maximum Gasteiger partial charge on any atom is 0.326 e. The molecule has 0 saturated carbocycles. The summed E-state index contributed by atoms with van der Waals surface area (Å²) in [6.45, 7) is 5.96. The highest BCUT2D eigenvalue weighted by atomic mass is 16.5. The van der Waals surface area contributed by atoms with E-state index in [1.807, 2.05) is 81.4 Å². The molecule has 35 heavy (non-hydrogen) atoms. The number of aromatic nitrogens is 1. The van der Waals surface area contributed by atoms with Gasteiger partial charge in [0.2, 0.25) is 0 Å². The van der Waals surface area contributed by atoms with Crippen LogP contribution in [0.3, 0.4) is 0 Å². The second-order valence-electron chi connectivity index (χ2n) is 9.26. The number of ether oxygens (including phenoxy) is 1. The number of rotatable bonds is 8. The molecule has 1 amide bonds. The highest BCUT2D eigenvalue weighted by molar-refractivity contribution is 5.88. The molecule has 6 heteroatoms. The van der Waals surface area contributed by atoms with Gasteiger partial charge in [0.15, 0.2) is 0 Å². The molecule has 4 rings (SSSR count). The quantitative estimate of drug-likeness (QED) is 0.487. The molecule has 1 aliphatic heterocycles. The van der Waals surface area contributed by atoms with Crippen LogP contribution in [-0.2, 0) is 20.7 Å². The van der Waals surface area contributed by atoms with Crippen LogP contribution >= 0.6 is 0 Å². The van der Waals surface area contributed by atoms with Crippen LogP contribution in [0, 0.1) is 13.8 Å². The van der Waals surface area contributed by atoms with Crippen molar-refractivity contribution in [3.63, 3.8) is 0 Å². The molecule has 1 N–H and O–H groups in total. The Bertz CT molecular complexity index is 1150. The van der Waals surface area contributed by atoms with Gasteiger partial charge in [-0.15, -0.1) is 0 Å². The van der Waals surface area contributed by atoms with E-state index in [1.165, 1.54) is 0 Å². The first kappa shape index (κ1) is 24.6. The van der Waals surface area contributed by atoms with E-state index in [0.29, 0.717) is 19.3 Å². The molecule has 2 heterocycles. The summed E-state index contributed by atoms with van der Waals surface area (Å²) < 4.78 is 6.56. The van der Waals surface area contributed by atoms with Crippen LogP contribution in [0.2, 0.25) is 0 Å². The van der Waals surface area contributed by atoms with Crippen LogP contribution in [0.15, 0.2) is 73.1 Å². The molecule has 3 unspecified atom stereocenters. The van der Waals surface area contributed by atoms with Crippen LogP contribution < -0.4 is 0 Å². The van der Waals surface area contributed by atoms with E-state index in [0.717, 1.165) is 27.8 Å². The topological polar surface area (TPSA) is 79.7 Å². The number of pyridine rings is 1. The summed E-state index contributed by atoms with van der Waals surface area (Å²) >= 11 is 0. The predicted octanol–water partition coefficient (Wildman–Crippen LogP) is 5.20. The minimum absolute atomic E-state index is 0.295. The number of aliphatic carboxylic acids is 1. The van der Waals surface area contributed by atoms with Crippen molar-refractivity contribution in [2.24, 2.45) is 0 Å². The van der Waals surface area contributed by atoms with Gasteiger partial charge < -0.3 is 14.7 Å². The van der Waals surface area contributed by atoms with E-state index in [4.69, 9.17) is 4.74 Å². The summed E-state index contributed by atoms with van der Waals surface area (Å²) in [4.78, 5) is 32.1. The molecule has 6 nitrogen and oxygen atoms in total. The second-order valence-corrected chi connectivity index (χ2v) is 9.26. The van der Waals surface area contributed by atoms with Crippen LogP contribution in [0.1, 0.15) is 59.7 Å². The largest absolute Gasteiger partial charge is 0.480 e. The fourth-order valence-electron chi connectivity index (χ4n) is 4.75. The SMILES string of the molecule is CCCC(C(=O)O)N1C(=O)[C@@H](Cc2ccncc2)OC(c2ccc(C)cc2)C1c1ccc(C)cc1. The van der Waals surface area contributed by atoms with Gasteiger partial charge in [-0.05, 0) is 49.1 Å². The molecule has 0 aliphatic carbocycles. The van der Waals surface area contributed by atoms with Crippen molar-refractivity contribution in [1.29, 1.82) is 0 Å². The first-order valence-electron chi connectivity index (χ1n) is 12.1. The minimum Gasteiger partial charge on any atom is -0.480 e. The number of benzene rings is 2. The Kier molecular flexibility index (Phi) is 7.61. The van der Waals surface area contributed by atoms with Crippen molar-refractivity contribution < 1.29 is 19.4 Å². The van der Waals surface area contributed by atoms with Crippen molar-refractivity contribution >= 4 is 11.9 Å². The number of aryl methyl sites for hydroxylation is 2. The van der Waals surface area contributed by atoms with E-state index in [1.54, 1.807) is 17.3 Å². The van der Waals surface area contributed by atoms with Gasteiger partial charge in [-0.2, -0.15) is 0 Å². The number of carboxylic acids is 1. The van der Waals surface area contributed by atoms with Crippen molar-refractivity contribution in [1.82, 2.24) is 9.88 Å². The molecule has 1 aromatic heterocycles. The van der Waals surface area contributed by atoms with Gasteiger partial charge in [0.1, 0.15) is 18.2 Å². The lowest BCUT2D eigenvalue weighted by Gasteiger charge is -2.47. The average molecular weight is 473 g/mol. The molecule has 2 aromatic carbocycles. The van der Waals surface area contributed by atoms with Crippen molar-refractivity contribution in [2.75, 3.05) is 0 Å². The van der Waals surface area contributed by atoms with Crippen LogP contribution in [-0.4, -0.2) is 39.0 Å². The Balaban J connectivity index is 1.85. The molecule has 1 aliphatic rings. The molecule has 0 bridgehead atoms. The molecule has 0 spiro atoms. The average Bonchev–Trinajstić information content (AvgIpc) is 2.85. The lowest BCUT2D eigenvalue weighted by atomic mass is 9.88. The van der Waals surface area contributed by atoms with Gasteiger partial charge >= 0.3 is 5.97 Å². The molecule has 1 fully saturated rings. The number of hydrogen-bond donors (Lipinski definition) is 1. The highest BCUT2D eigenvalue weighted by Gasteiger charge is 2.48. The first-order chi connectivity index (χ1) is 16.9. The van der Waals surface area contributed by atoms with Gasteiger partial charge in [0.05, 0.1) is 6.04 Å². The Morgan fingerprint density at radius 3 is 2.09 bits per heavy atom. The molecular formula is C29H32N2O4. The summed E-state index contributed by atoms with van der Waals surface area (Å²) in [6, 6.07) is 18.2. The zero-order chi connectivity index (χ0) is 24.9. The van der Waals surface area contributed by atoms with Crippen LogP contribution in [0.25, 0.3) is 0 Å². The lowest BCUT2D eigenvalue weighted by Crippen LogP contribution is -2.57. The molecule has 0 radical (unpaired) electrons. The first-order valence-corrected chi connectivity index (χ1v) is 12.1. The van der Waals surface area contributed by atoms with Crippen molar-refractivity contribution in [3.05, 3.63) is 101 Å². The Hall–Kier alpha value is -3.51. The third kappa shape index (κ3) is 5.43. The predicted molar refractivity (Wildman–Crippen MR) is 134 cm³/mol. The number of morpholine rings is 1. The summed E-state index contributed by atoms with van der Waals surface area (Å²) in [7, 11) is 0. The maximum atomic E-state index is 14.0. The molecule has 1 saturated heterocycles. The lowest BCUT2D eigenvalue weighted by molar-refractivity contribution is -0.184. The van der Waals surface area contributed by atoms with Crippen LogP contribution in [0.4, 0.5) is 0 Å². The van der Waals surface area contributed by atoms with E-state index < -0.39 is 30.3 Å². The van der Waals surface area contributed by atoms with E-state index in [2.05, 4.69) is 4.98 Å². The molecule has 3 aromatic rings. The number of carbonyl (C=O) groups excluding carboxylic acids is 1. The van der Waals surface area contributed by atoms with Gasteiger partial charge in [-0.25, -0.2) is 4.79 Å². The summed E-state index contributed by atoms with van der Waals surface area (Å²) in [5.74, 6) is -1.29. The number of carboxylic acid groups (broad SMARTS) is 1. The molecular weight excluding hydrogens is 440 g/mol. The number of hydrogen-bond acceptors (Lipinski definition) is 4. The zero-order valence-corrected chi connectivity index (χ0v) is 20.4. The van der Waals surface area contributed by atoms with Gasteiger partial charge in [-0.3, -0.25) is 9.78 Å². The van der Waals surface area contributed by atoms with E-state index >= 15 is 0 Å². The monoisotopic (exact) mass is 472 g/mol. The van der Waals surface area contributed by atoms with E-state index in [9.17, 15) is 14.7 Å². The number of carbonyl (C=O) groups is 2. The normalized spacial score (nSPS) is 21.1. The standard InChI is InChI=1S/C29H32N2O4/c1-4-5-24(29(33)34)31-26(22-10-6-19(2)7-11-22)27(23-12-8-20(3)9-13-23)35-25(28(31)32)18-21-14-16-30-17-15-21/h6-17,24-27H,4-5,18H2,1-3H3,(H,33,34)/t24?,25-,26?,27?/m1/s1. The fourth-order valence-corrected chi connectivity index (χ4v) is 4.75. The Labute approximate surface area is 206 Å². The maximum absolute atomic E-state index is 14.0. The van der Waals surface area contributed by atoms with Gasteiger partial charge in [0.25, 0.3) is 5.91 Å². The summed E-state index contributed by atoms with van der Waals surface area (Å²) in [6.07, 6.45) is 3.41. The van der Waals surface area contributed by atoms with Gasteiger partial charge in [-0.1, -0.05) is 73.0 Å². The smallest absolute Gasteiger partial charge is 0.326 e.